The third-order valence-electron chi connectivity index (χ3n) is 15.3. The molecule has 368 valence electrons. The molecule has 9 heterocycles. The van der Waals surface area contributed by atoms with Gasteiger partial charge in [-0.05, 0) is 110 Å². The van der Waals surface area contributed by atoms with E-state index in [0.29, 0.717) is 70.9 Å². The average Bonchev–Trinajstić information content (AvgIpc) is 3.94. The van der Waals surface area contributed by atoms with Crippen molar-refractivity contribution in [2.75, 3.05) is 60.9 Å². The number of aryl methyl sites for hydroxylation is 1. The molecule has 1 aromatic carbocycles. The Labute approximate surface area is 409 Å². The van der Waals surface area contributed by atoms with Gasteiger partial charge in [0.15, 0.2) is 0 Å². The van der Waals surface area contributed by atoms with Gasteiger partial charge in [0, 0.05) is 94.5 Å². The Bertz CT molecular complexity index is 3100. The lowest BCUT2D eigenvalue weighted by Crippen LogP contribution is -2.54. The second-order valence-electron chi connectivity index (χ2n) is 20.5. The summed E-state index contributed by atoms with van der Waals surface area (Å²) < 4.78 is 19.1. The predicted octanol–water partition coefficient (Wildman–Crippen LogP) is 3.99. The lowest BCUT2D eigenvalue weighted by molar-refractivity contribution is -0.136. The van der Waals surface area contributed by atoms with E-state index in [-0.39, 0.29) is 47.5 Å². The molecule has 1 aliphatic carbocycles. The lowest BCUT2D eigenvalue weighted by Gasteiger charge is -2.43. The first-order valence-electron chi connectivity index (χ1n) is 24.5. The molecule has 4 aromatic heterocycles. The number of rotatable bonds is 10. The number of pyridine rings is 3. The number of halogens is 1. The maximum absolute atomic E-state index is 15.4. The Morgan fingerprint density at radius 1 is 0.845 bits per heavy atom. The van der Waals surface area contributed by atoms with Gasteiger partial charge in [-0.25, -0.2) is 14.4 Å². The highest BCUT2D eigenvalue weighted by Gasteiger charge is 2.46. The van der Waals surface area contributed by atoms with E-state index in [1.807, 2.05) is 24.4 Å². The van der Waals surface area contributed by atoms with Crippen LogP contribution in [-0.2, 0) is 49.2 Å². The number of likely N-dealkylation sites (tertiary alicyclic amines) is 1. The first kappa shape index (κ1) is 46.3. The number of piperazine rings is 1. The number of aromatic nitrogens is 4. The molecular formula is C52H56FN11O7. The molecule has 0 spiro atoms. The number of amides is 5. The minimum Gasteiger partial charge on any atom is -0.392 e. The zero-order valence-corrected chi connectivity index (χ0v) is 40.0. The zero-order chi connectivity index (χ0) is 49.5. The van der Waals surface area contributed by atoms with Crippen molar-refractivity contribution in [3.8, 4) is 11.1 Å². The summed E-state index contributed by atoms with van der Waals surface area (Å²) in [5.74, 6) is -2.81. The molecule has 5 aromatic rings. The van der Waals surface area contributed by atoms with E-state index in [1.54, 1.807) is 42.5 Å². The van der Waals surface area contributed by atoms with Crippen molar-refractivity contribution in [1.82, 2.24) is 39.1 Å². The maximum atomic E-state index is 15.4. The highest BCUT2D eigenvalue weighted by molar-refractivity contribution is 6.23. The molecule has 19 heteroatoms. The van der Waals surface area contributed by atoms with Gasteiger partial charge in [0.1, 0.15) is 34.9 Å². The summed E-state index contributed by atoms with van der Waals surface area (Å²) >= 11 is 0. The van der Waals surface area contributed by atoms with Crippen LogP contribution in [0.25, 0.3) is 11.1 Å². The predicted molar refractivity (Wildman–Crippen MR) is 261 cm³/mol. The van der Waals surface area contributed by atoms with Crippen molar-refractivity contribution in [3.63, 3.8) is 0 Å². The molecule has 5 aliphatic heterocycles. The van der Waals surface area contributed by atoms with E-state index in [0.717, 1.165) is 75.5 Å². The molecule has 3 fully saturated rings. The van der Waals surface area contributed by atoms with Crippen molar-refractivity contribution in [3.05, 3.63) is 116 Å². The fourth-order valence-corrected chi connectivity index (χ4v) is 11.7. The quantitative estimate of drug-likeness (QED) is 0.170. The van der Waals surface area contributed by atoms with Crippen LogP contribution in [0.3, 0.4) is 0 Å². The van der Waals surface area contributed by atoms with Gasteiger partial charge >= 0.3 is 0 Å². The van der Waals surface area contributed by atoms with Crippen LogP contribution >= 0.6 is 0 Å². The molecule has 18 nitrogen and oxygen atoms in total. The minimum absolute atomic E-state index is 0.00549. The Balaban J connectivity index is 0.694. The number of imide groups is 2. The number of aliphatic hydroxyl groups is 1. The Morgan fingerprint density at radius 3 is 2.37 bits per heavy atom. The number of piperidine rings is 2. The molecule has 0 saturated carbocycles. The van der Waals surface area contributed by atoms with Crippen LogP contribution < -0.4 is 26.0 Å². The summed E-state index contributed by atoms with van der Waals surface area (Å²) in [5, 5.41) is 16.2. The first-order chi connectivity index (χ1) is 34.1. The monoisotopic (exact) mass is 965 g/mol. The summed E-state index contributed by atoms with van der Waals surface area (Å²) in [4.78, 5) is 96.9. The second kappa shape index (κ2) is 17.9. The number of hydrogen-bond acceptors (Lipinski definition) is 13. The van der Waals surface area contributed by atoms with Crippen LogP contribution in [0.5, 0.6) is 0 Å². The fourth-order valence-electron chi connectivity index (χ4n) is 11.7. The van der Waals surface area contributed by atoms with Crippen LogP contribution in [0, 0.1) is 11.2 Å². The van der Waals surface area contributed by atoms with Gasteiger partial charge in [-0.3, -0.25) is 53.7 Å². The Morgan fingerprint density at radius 2 is 1.63 bits per heavy atom. The molecule has 1 atom stereocenters. The third-order valence-corrected chi connectivity index (χ3v) is 15.3. The van der Waals surface area contributed by atoms with Gasteiger partial charge in [-0.2, -0.15) is 0 Å². The molecule has 0 bridgehead atoms. The first-order valence-corrected chi connectivity index (χ1v) is 24.5. The fraction of sp³-hybridized carbons (Fsp3) is 0.423. The highest BCUT2D eigenvalue weighted by Crippen LogP contribution is 2.40. The third kappa shape index (κ3) is 8.38. The Hall–Kier alpha value is -7.09. The van der Waals surface area contributed by atoms with E-state index < -0.39 is 35.5 Å². The van der Waals surface area contributed by atoms with Gasteiger partial charge < -0.3 is 24.5 Å². The van der Waals surface area contributed by atoms with Gasteiger partial charge in [-0.15, -0.1) is 0 Å². The van der Waals surface area contributed by atoms with E-state index in [1.165, 1.54) is 21.9 Å². The van der Waals surface area contributed by atoms with E-state index >= 15 is 4.39 Å². The van der Waals surface area contributed by atoms with Crippen molar-refractivity contribution in [1.29, 1.82) is 0 Å². The molecule has 71 heavy (non-hydrogen) atoms. The van der Waals surface area contributed by atoms with Gasteiger partial charge in [0.25, 0.3) is 23.3 Å². The SMILES string of the molecule is Cn1cc(-c2ccnc(N3CCn4c(cc5c4CC(C)(C)C5)C3=O)c2CO)cc(Nc2ccc(N3CCN(C4CCN(Cc5cc(F)c6c(c5)C(=O)N(C5CCC(=O)NC5=O)C6=O)CC4)CC3)cn2)c1=O. The number of benzene rings is 1. The highest BCUT2D eigenvalue weighted by atomic mass is 19.1. The number of aliphatic hydroxyl groups excluding tert-OH is 1. The zero-order valence-electron chi connectivity index (χ0n) is 40.0. The van der Waals surface area contributed by atoms with Gasteiger partial charge in [-0.1, -0.05) is 13.8 Å². The molecule has 6 aliphatic rings. The number of hydrogen-bond donors (Lipinski definition) is 3. The van der Waals surface area contributed by atoms with Crippen LogP contribution in [0.2, 0.25) is 0 Å². The summed E-state index contributed by atoms with van der Waals surface area (Å²) in [6, 6.07) is 11.5. The number of nitrogens with zero attached hydrogens (tertiary/aromatic N) is 9. The van der Waals surface area contributed by atoms with Crippen LogP contribution in [0.1, 0.15) is 93.1 Å². The van der Waals surface area contributed by atoms with Crippen LogP contribution in [-0.4, -0.2) is 126 Å². The van der Waals surface area contributed by atoms with Crippen molar-refractivity contribution in [2.24, 2.45) is 12.5 Å². The number of nitrogens with one attached hydrogen (secondary N) is 2. The molecular weight excluding hydrogens is 910 g/mol. The number of carbonyl (C=O) groups is 5. The van der Waals surface area contributed by atoms with Crippen molar-refractivity contribution >= 4 is 52.5 Å². The van der Waals surface area contributed by atoms with Crippen LogP contribution in [0.4, 0.5) is 27.4 Å². The maximum Gasteiger partial charge on any atom is 0.276 e. The second-order valence-corrected chi connectivity index (χ2v) is 20.5. The normalized spacial score (nSPS) is 20.7. The standard InChI is InChI=1S/C52H56FN11O7/c1-52(2)24-31-23-41-50(70)63(19-18-62(41)42(31)25-52)46-37(29-65)35(8-11-54-46)32-22-39(49(69)58(3)28-32)56-43-6-4-34(26-55-43)61-16-14-60(15-17-61)33-9-12-59(13-10-33)27-30-20-36-45(38(53)21-30)51(71)64(48(36)68)40-5-7-44(66)57-47(40)67/h4,6,8,11,20-23,26,28,33,40,65H,5,7,9-10,12-19,24-25,27,29H2,1-3H3,(H,55,56)(H,57,66,67). The largest absolute Gasteiger partial charge is 0.392 e. The molecule has 3 saturated heterocycles. The molecule has 1 unspecified atom stereocenters. The molecule has 0 radical (unpaired) electrons. The van der Waals surface area contributed by atoms with Crippen molar-refractivity contribution in [2.45, 2.75) is 84.2 Å². The molecule has 3 N–H and O–H groups in total. The van der Waals surface area contributed by atoms with Crippen LogP contribution in [0.15, 0.2) is 65.8 Å². The van der Waals surface area contributed by atoms with E-state index in [9.17, 15) is 33.9 Å². The number of anilines is 4. The van der Waals surface area contributed by atoms with Gasteiger partial charge in [0.05, 0.1) is 29.6 Å². The summed E-state index contributed by atoms with van der Waals surface area (Å²) in [7, 11) is 1.68. The summed E-state index contributed by atoms with van der Waals surface area (Å²) in [6.45, 7) is 10.6. The lowest BCUT2D eigenvalue weighted by atomic mass is 9.90. The number of fused-ring (bicyclic) bond motifs is 4. The molecule has 5 amide bonds. The summed E-state index contributed by atoms with van der Waals surface area (Å²) in [6.07, 6.45) is 8.87. The topological polar surface area (TPSA) is 199 Å². The van der Waals surface area contributed by atoms with E-state index in [2.05, 4.69) is 48.7 Å². The van der Waals surface area contributed by atoms with Gasteiger partial charge in [0.2, 0.25) is 11.8 Å². The molecule has 11 rings (SSSR count). The van der Waals surface area contributed by atoms with E-state index in [4.69, 9.17) is 4.98 Å². The van der Waals surface area contributed by atoms with Crippen molar-refractivity contribution < 1.29 is 33.5 Å². The average molecular weight is 966 g/mol. The Kier molecular flexibility index (Phi) is 11.7. The smallest absolute Gasteiger partial charge is 0.276 e. The summed E-state index contributed by atoms with van der Waals surface area (Å²) in [5.41, 5.74) is 6.34. The minimum atomic E-state index is -1.15. The number of carbonyl (C=O) groups excluding carboxylic acids is 5.